The fourth-order valence-electron chi connectivity index (χ4n) is 1.04. The summed E-state index contributed by atoms with van der Waals surface area (Å²) < 4.78 is 0. The van der Waals surface area contributed by atoms with Crippen LogP contribution in [0.3, 0.4) is 0 Å². The summed E-state index contributed by atoms with van der Waals surface area (Å²) in [6, 6.07) is -0.174. The van der Waals surface area contributed by atoms with E-state index in [0.717, 1.165) is 0 Å². The summed E-state index contributed by atoms with van der Waals surface area (Å²) >= 11 is 1.36. The number of carbonyl (C=O) groups is 1. The maximum atomic E-state index is 10.7. The molecule has 0 aliphatic heterocycles. The summed E-state index contributed by atoms with van der Waals surface area (Å²) in [7, 11) is 0. The summed E-state index contributed by atoms with van der Waals surface area (Å²) in [5.74, 6) is -0.719. The van der Waals surface area contributed by atoms with Crippen LogP contribution in [-0.2, 0) is 0 Å². The van der Waals surface area contributed by atoms with Crippen molar-refractivity contribution in [2.75, 3.05) is 0 Å². The normalized spacial score (nSPS) is 13.2. The molecule has 1 heterocycles. The minimum atomic E-state index is -0.985. The molecule has 0 aliphatic carbocycles. The van der Waals surface area contributed by atoms with Crippen LogP contribution in [0.25, 0.3) is 0 Å². The van der Waals surface area contributed by atoms with Crippen molar-refractivity contribution in [2.24, 2.45) is 11.7 Å². The first kappa shape index (κ1) is 11.1. The number of aromatic carboxylic acids is 1. The Hall–Kier alpha value is -0.940. The molecule has 0 saturated carbocycles. The maximum absolute atomic E-state index is 10.7. The van der Waals surface area contributed by atoms with Crippen molar-refractivity contribution in [3.05, 3.63) is 15.6 Å². The van der Waals surface area contributed by atoms with Crippen molar-refractivity contribution in [1.29, 1.82) is 0 Å². The highest BCUT2D eigenvalue weighted by atomic mass is 32.1. The highest BCUT2D eigenvalue weighted by molar-refractivity contribution is 7.11. The molecule has 0 radical (unpaired) electrons. The maximum Gasteiger partial charge on any atom is 0.355 e. The average molecular weight is 214 g/mol. The molecule has 0 bridgehead atoms. The third-order valence-electron chi connectivity index (χ3n) is 2.02. The van der Waals surface area contributed by atoms with Gasteiger partial charge >= 0.3 is 5.97 Å². The van der Waals surface area contributed by atoms with Crippen molar-refractivity contribution >= 4 is 17.3 Å². The molecule has 1 unspecified atom stereocenters. The summed E-state index contributed by atoms with van der Waals surface area (Å²) in [5.41, 5.74) is 6.00. The minimum absolute atomic E-state index is 0.126. The monoisotopic (exact) mass is 214 g/mol. The molecular weight excluding hydrogens is 200 g/mol. The fourth-order valence-corrected chi connectivity index (χ4v) is 2.13. The summed E-state index contributed by atoms with van der Waals surface area (Å²) in [6.45, 7) is 5.72. The van der Waals surface area contributed by atoms with Crippen LogP contribution >= 0.6 is 11.3 Å². The molecule has 0 saturated heterocycles. The van der Waals surface area contributed by atoms with Crippen LogP contribution < -0.4 is 5.73 Å². The second kappa shape index (κ2) is 4.06. The zero-order valence-corrected chi connectivity index (χ0v) is 9.26. The standard InChI is InChI=1S/C9H14N2O2S/c1-4(2)6(10)8-11-7(9(12)13)5(3)14-8/h4,6H,10H2,1-3H3,(H,12,13). The Labute approximate surface area is 86.8 Å². The number of hydrogen-bond acceptors (Lipinski definition) is 4. The molecule has 3 N–H and O–H groups in total. The number of nitrogens with zero attached hydrogens (tertiary/aromatic N) is 1. The Kier molecular flexibility index (Phi) is 3.23. The van der Waals surface area contributed by atoms with E-state index in [1.807, 2.05) is 13.8 Å². The lowest BCUT2D eigenvalue weighted by Gasteiger charge is -2.11. The van der Waals surface area contributed by atoms with Gasteiger partial charge in [-0.25, -0.2) is 9.78 Å². The molecule has 0 fully saturated rings. The number of carboxylic acids is 1. The predicted molar refractivity (Wildman–Crippen MR) is 55.6 cm³/mol. The fraction of sp³-hybridized carbons (Fsp3) is 0.556. The van der Waals surface area contributed by atoms with E-state index in [-0.39, 0.29) is 17.7 Å². The van der Waals surface area contributed by atoms with E-state index in [4.69, 9.17) is 10.8 Å². The number of thiazole rings is 1. The van der Waals surface area contributed by atoms with Crippen LogP contribution in [0, 0.1) is 12.8 Å². The molecule has 5 heteroatoms. The third-order valence-corrected chi connectivity index (χ3v) is 3.09. The molecule has 1 atom stereocenters. The lowest BCUT2D eigenvalue weighted by Crippen LogP contribution is -2.16. The van der Waals surface area contributed by atoms with Crippen molar-refractivity contribution in [2.45, 2.75) is 26.8 Å². The second-order valence-corrected chi connectivity index (χ2v) is 4.77. The van der Waals surface area contributed by atoms with Crippen LogP contribution in [0.15, 0.2) is 0 Å². The van der Waals surface area contributed by atoms with E-state index in [2.05, 4.69) is 4.98 Å². The van der Waals surface area contributed by atoms with Crippen LogP contribution in [0.4, 0.5) is 0 Å². The van der Waals surface area contributed by atoms with Crippen LogP contribution in [0.5, 0.6) is 0 Å². The SMILES string of the molecule is Cc1sc(C(N)C(C)C)nc1C(=O)O. The van der Waals surface area contributed by atoms with Gasteiger partial charge in [0.25, 0.3) is 0 Å². The number of aromatic nitrogens is 1. The first-order valence-corrected chi connectivity index (χ1v) is 5.21. The molecule has 4 nitrogen and oxygen atoms in total. The third kappa shape index (κ3) is 2.10. The molecule has 1 aromatic heterocycles. The van der Waals surface area contributed by atoms with Gasteiger partial charge in [0.2, 0.25) is 0 Å². The Bertz CT molecular complexity index is 347. The number of nitrogens with two attached hydrogens (primary N) is 1. The lowest BCUT2D eigenvalue weighted by atomic mass is 10.1. The van der Waals surface area contributed by atoms with Gasteiger partial charge in [0.1, 0.15) is 5.01 Å². The number of carboxylic acid groups (broad SMARTS) is 1. The van der Waals surface area contributed by atoms with Crippen molar-refractivity contribution in [3.8, 4) is 0 Å². The summed E-state index contributed by atoms with van der Waals surface area (Å²) in [4.78, 5) is 15.5. The first-order chi connectivity index (χ1) is 6.43. The van der Waals surface area contributed by atoms with Gasteiger partial charge in [-0.15, -0.1) is 11.3 Å². The molecule has 78 valence electrons. The number of rotatable bonds is 3. The van der Waals surface area contributed by atoms with E-state index >= 15 is 0 Å². The van der Waals surface area contributed by atoms with E-state index in [0.29, 0.717) is 9.88 Å². The number of hydrogen-bond donors (Lipinski definition) is 2. The molecule has 14 heavy (non-hydrogen) atoms. The van der Waals surface area contributed by atoms with Crippen LogP contribution in [0.1, 0.15) is 40.3 Å². The Morgan fingerprint density at radius 1 is 1.57 bits per heavy atom. The lowest BCUT2D eigenvalue weighted by molar-refractivity contribution is 0.0690. The van der Waals surface area contributed by atoms with Gasteiger partial charge in [0.15, 0.2) is 5.69 Å². The van der Waals surface area contributed by atoms with Gasteiger partial charge in [0, 0.05) is 4.88 Å². The highest BCUT2D eigenvalue weighted by Crippen LogP contribution is 2.26. The zero-order valence-electron chi connectivity index (χ0n) is 8.44. The minimum Gasteiger partial charge on any atom is -0.476 e. The van der Waals surface area contributed by atoms with Crippen molar-refractivity contribution in [1.82, 2.24) is 4.98 Å². The molecule has 1 aromatic rings. The predicted octanol–water partition coefficient (Wildman–Crippen LogP) is 1.81. The Morgan fingerprint density at radius 2 is 2.14 bits per heavy atom. The van der Waals surface area contributed by atoms with Gasteiger partial charge in [-0.2, -0.15) is 0 Å². The van der Waals surface area contributed by atoms with Gasteiger partial charge in [-0.05, 0) is 12.8 Å². The molecule has 0 spiro atoms. The van der Waals surface area contributed by atoms with Crippen molar-refractivity contribution < 1.29 is 9.90 Å². The van der Waals surface area contributed by atoms with Gasteiger partial charge in [0.05, 0.1) is 6.04 Å². The first-order valence-electron chi connectivity index (χ1n) is 4.39. The van der Waals surface area contributed by atoms with Gasteiger partial charge < -0.3 is 10.8 Å². The summed E-state index contributed by atoms with van der Waals surface area (Å²) in [6.07, 6.45) is 0. The topological polar surface area (TPSA) is 76.2 Å². The quantitative estimate of drug-likeness (QED) is 0.804. The molecular formula is C9H14N2O2S. The van der Waals surface area contributed by atoms with Gasteiger partial charge in [-0.3, -0.25) is 0 Å². The molecule has 0 amide bonds. The molecule has 0 aliphatic rings. The average Bonchev–Trinajstić information content (AvgIpc) is 2.45. The van der Waals surface area contributed by atoms with E-state index in [9.17, 15) is 4.79 Å². The van der Waals surface area contributed by atoms with Gasteiger partial charge in [-0.1, -0.05) is 13.8 Å². The highest BCUT2D eigenvalue weighted by Gasteiger charge is 2.19. The largest absolute Gasteiger partial charge is 0.476 e. The van der Waals surface area contributed by atoms with E-state index in [1.54, 1.807) is 6.92 Å². The number of aryl methyl sites for hydroxylation is 1. The molecule has 1 rings (SSSR count). The zero-order chi connectivity index (χ0) is 10.9. The van der Waals surface area contributed by atoms with Crippen LogP contribution in [0.2, 0.25) is 0 Å². The Morgan fingerprint density at radius 3 is 2.50 bits per heavy atom. The molecule has 0 aromatic carbocycles. The smallest absolute Gasteiger partial charge is 0.355 e. The Balaban J connectivity index is 3.02. The van der Waals surface area contributed by atoms with Crippen LogP contribution in [-0.4, -0.2) is 16.1 Å². The second-order valence-electron chi connectivity index (χ2n) is 3.53. The van der Waals surface area contributed by atoms with E-state index < -0.39 is 5.97 Å². The van der Waals surface area contributed by atoms with Crippen molar-refractivity contribution in [3.63, 3.8) is 0 Å². The van der Waals surface area contributed by atoms with E-state index in [1.165, 1.54) is 11.3 Å². The summed E-state index contributed by atoms with van der Waals surface area (Å²) in [5, 5.41) is 9.51.